The average Bonchev–Trinajstić information content (AvgIpc) is 2.74. The van der Waals surface area contributed by atoms with Gasteiger partial charge in [-0.25, -0.2) is 0 Å². The first-order valence-electron chi connectivity index (χ1n) is 6.78. The molecule has 2 nitrogen and oxygen atoms in total. The van der Waals surface area contributed by atoms with Gasteiger partial charge in [0.15, 0.2) is 5.78 Å². The Bertz CT molecular complexity index is 791. The van der Waals surface area contributed by atoms with Gasteiger partial charge in [-0.1, -0.05) is 36.4 Å². The van der Waals surface area contributed by atoms with Crippen LogP contribution in [0.25, 0.3) is 10.9 Å². The van der Waals surface area contributed by atoms with E-state index >= 15 is 0 Å². The van der Waals surface area contributed by atoms with E-state index in [0.717, 1.165) is 38.9 Å². The number of hydrogen-bond acceptors (Lipinski definition) is 1. The summed E-state index contributed by atoms with van der Waals surface area (Å²) in [5, 5.41) is 0.998. The van der Waals surface area contributed by atoms with Gasteiger partial charge >= 0.3 is 0 Å². The SMILES string of the molecule is Cc1cccc(C)c1C(=O)c1c(C)[nH]c2ccccc12. The fourth-order valence-corrected chi connectivity index (χ4v) is 2.87. The number of carbonyl (C=O) groups is 1. The van der Waals surface area contributed by atoms with Gasteiger partial charge < -0.3 is 4.98 Å². The van der Waals surface area contributed by atoms with E-state index in [1.54, 1.807) is 0 Å². The van der Waals surface area contributed by atoms with Gasteiger partial charge in [-0.2, -0.15) is 0 Å². The molecule has 0 aliphatic rings. The van der Waals surface area contributed by atoms with Gasteiger partial charge in [0.1, 0.15) is 0 Å². The molecular weight excluding hydrogens is 246 g/mol. The first-order valence-corrected chi connectivity index (χ1v) is 6.78. The Morgan fingerprint density at radius 3 is 2.20 bits per heavy atom. The summed E-state index contributed by atoms with van der Waals surface area (Å²) < 4.78 is 0. The van der Waals surface area contributed by atoms with Crippen LogP contribution < -0.4 is 0 Å². The van der Waals surface area contributed by atoms with Gasteiger partial charge in [-0.05, 0) is 38.0 Å². The molecule has 0 saturated heterocycles. The van der Waals surface area contributed by atoms with E-state index in [9.17, 15) is 4.79 Å². The quantitative estimate of drug-likeness (QED) is 0.686. The highest BCUT2D eigenvalue weighted by Crippen LogP contribution is 2.26. The first-order chi connectivity index (χ1) is 9.59. The molecular formula is C18H17NO. The van der Waals surface area contributed by atoms with Crippen molar-refractivity contribution in [1.82, 2.24) is 4.98 Å². The van der Waals surface area contributed by atoms with Crippen molar-refractivity contribution >= 4 is 16.7 Å². The molecule has 0 saturated carbocycles. The maximum atomic E-state index is 13.0. The molecule has 0 radical (unpaired) electrons. The summed E-state index contributed by atoms with van der Waals surface area (Å²) in [5.74, 6) is 0.107. The van der Waals surface area contributed by atoms with Gasteiger partial charge in [0.2, 0.25) is 0 Å². The summed E-state index contributed by atoms with van der Waals surface area (Å²) in [6, 6.07) is 13.9. The number of carbonyl (C=O) groups excluding carboxylic acids is 1. The number of rotatable bonds is 2. The van der Waals surface area contributed by atoms with E-state index in [0.29, 0.717) is 0 Å². The van der Waals surface area contributed by atoms with Crippen LogP contribution in [0.15, 0.2) is 42.5 Å². The predicted molar refractivity (Wildman–Crippen MR) is 82.4 cm³/mol. The zero-order valence-corrected chi connectivity index (χ0v) is 11.9. The average molecular weight is 263 g/mol. The monoisotopic (exact) mass is 263 g/mol. The number of aromatic amines is 1. The van der Waals surface area contributed by atoms with E-state index in [2.05, 4.69) is 4.98 Å². The van der Waals surface area contributed by atoms with Crippen molar-refractivity contribution < 1.29 is 4.79 Å². The Kier molecular flexibility index (Phi) is 2.94. The molecule has 0 atom stereocenters. The highest BCUT2D eigenvalue weighted by molar-refractivity contribution is 6.18. The molecule has 1 heterocycles. The summed E-state index contributed by atoms with van der Waals surface area (Å²) in [5.41, 5.74) is 5.61. The molecule has 0 aliphatic carbocycles. The standard InChI is InChI=1S/C18H17NO/c1-11-7-6-8-12(2)16(11)18(20)17-13(3)19-15-10-5-4-9-14(15)17/h4-10,19H,1-3H3. The maximum absolute atomic E-state index is 13.0. The molecule has 0 aliphatic heterocycles. The molecule has 20 heavy (non-hydrogen) atoms. The lowest BCUT2D eigenvalue weighted by Crippen LogP contribution is -2.07. The fourth-order valence-electron chi connectivity index (χ4n) is 2.87. The number of benzene rings is 2. The highest BCUT2D eigenvalue weighted by Gasteiger charge is 2.20. The van der Waals surface area contributed by atoms with Crippen LogP contribution in [0.3, 0.4) is 0 Å². The second kappa shape index (κ2) is 4.64. The lowest BCUT2D eigenvalue weighted by molar-refractivity contribution is 0.103. The van der Waals surface area contributed by atoms with E-state index in [4.69, 9.17) is 0 Å². The minimum Gasteiger partial charge on any atom is -0.358 e. The summed E-state index contributed by atoms with van der Waals surface area (Å²) in [4.78, 5) is 16.3. The van der Waals surface area contributed by atoms with Gasteiger partial charge in [0.05, 0.1) is 5.56 Å². The zero-order chi connectivity index (χ0) is 14.3. The molecule has 1 aromatic heterocycles. The molecule has 1 N–H and O–H groups in total. The maximum Gasteiger partial charge on any atom is 0.195 e. The van der Waals surface area contributed by atoms with Crippen molar-refractivity contribution in [2.24, 2.45) is 0 Å². The predicted octanol–water partition coefficient (Wildman–Crippen LogP) is 4.32. The van der Waals surface area contributed by atoms with Gasteiger partial charge in [0, 0.05) is 22.2 Å². The number of H-pyrrole nitrogens is 1. The number of para-hydroxylation sites is 1. The first kappa shape index (κ1) is 12.7. The van der Waals surface area contributed by atoms with Crippen molar-refractivity contribution in [2.45, 2.75) is 20.8 Å². The fraction of sp³-hybridized carbons (Fsp3) is 0.167. The second-order valence-electron chi connectivity index (χ2n) is 5.27. The molecule has 2 aromatic carbocycles. The Morgan fingerprint density at radius 2 is 1.50 bits per heavy atom. The lowest BCUT2D eigenvalue weighted by atomic mass is 9.93. The topological polar surface area (TPSA) is 32.9 Å². The molecule has 0 amide bonds. The Hall–Kier alpha value is -2.35. The number of ketones is 1. The van der Waals surface area contributed by atoms with Crippen molar-refractivity contribution in [1.29, 1.82) is 0 Å². The van der Waals surface area contributed by atoms with Crippen LogP contribution in [0.1, 0.15) is 32.7 Å². The summed E-state index contributed by atoms with van der Waals surface area (Å²) in [7, 11) is 0. The minimum atomic E-state index is 0.107. The van der Waals surface area contributed by atoms with Crippen LogP contribution in [0, 0.1) is 20.8 Å². The number of aromatic nitrogens is 1. The molecule has 3 aromatic rings. The normalized spacial score (nSPS) is 10.9. The van der Waals surface area contributed by atoms with Gasteiger partial charge in [-0.3, -0.25) is 4.79 Å². The molecule has 100 valence electrons. The van der Waals surface area contributed by atoms with Crippen LogP contribution in [0.5, 0.6) is 0 Å². The van der Waals surface area contributed by atoms with Crippen molar-refractivity contribution in [3.8, 4) is 0 Å². The van der Waals surface area contributed by atoms with Crippen LogP contribution in [0.2, 0.25) is 0 Å². The Morgan fingerprint density at radius 1 is 0.850 bits per heavy atom. The molecule has 0 fully saturated rings. The molecule has 2 heteroatoms. The third-order valence-electron chi connectivity index (χ3n) is 3.83. The van der Waals surface area contributed by atoms with Gasteiger partial charge in [0.25, 0.3) is 0 Å². The van der Waals surface area contributed by atoms with Crippen LogP contribution in [-0.4, -0.2) is 10.8 Å². The number of hydrogen-bond donors (Lipinski definition) is 1. The summed E-state index contributed by atoms with van der Waals surface area (Å²) in [6.45, 7) is 5.94. The van der Waals surface area contributed by atoms with Crippen LogP contribution in [-0.2, 0) is 0 Å². The van der Waals surface area contributed by atoms with Crippen molar-refractivity contribution in [3.63, 3.8) is 0 Å². The van der Waals surface area contributed by atoms with Crippen molar-refractivity contribution in [2.75, 3.05) is 0 Å². The molecule has 0 unspecified atom stereocenters. The second-order valence-corrected chi connectivity index (χ2v) is 5.27. The molecule has 0 spiro atoms. The summed E-state index contributed by atoms with van der Waals surface area (Å²) >= 11 is 0. The number of fused-ring (bicyclic) bond motifs is 1. The molecule has 0 bridgehead atoms. The van der Waals surface area contributed by atoms with E-state index < -0.39 is 0 Å². The zero-order valence-electron chi connectivity index (χ0n) is 11.9. The van der Waals surface area contributed by atoms with Crippen LogP contribution in [0.4, 0.5) is 0 Å². The van der Waals surface area contributed by atoms with Crippen molar-refractivity contribution in [3.05, 3.63) is 70.4 Å². The highest BCUT2D eigenvalue weighted by atomic mass is 16.1. The number of aryl methyl sites for hydroxylation is 3. The Balaban J connectivity index is 2.26. The summed E-state index contributed by atoms with van der Waals surface area (Å²) in [6.07, 6.45) is 0. The van der Waals surface area contributed by atoms with E-state index in [-0.39, 0.29) is 5.78 Å². The largest absolute Gasteiger partial charge is 0.358 e. The lowest BCUT2D eigenvalue weighted by Gasteiger charge is -2.08. The van der Waals surface area contributed by atoms with Gasteiger partial charge in [-0.15, -0.1) is 0 Å². The third kappa shape index (κ3) is 1.85. The smallest absolute Gasteiger partial charge is 0.195 e. The van der Waals surface area contributed by atoms with Crippen LogP contribution >= 0.6 is 0 Å². The van der Waals surface area contributed by atoms with E-state index in [1.165, 1.54) is 0 Å². The molecule has 3 rings (SSSR count). The van der Waals surface area contributed by atoms with E-state index in [1.807, 2.05) is 63.2 Å². The minimum absolute atomic E-state index is 0.107. The Labute approximate surface area is 118 Å². The number of nitrogens with one attached hydrogen (secondary N) is 1. The third-order valence-corrected chi connectivity index (χ3v) is 3.83.